The van der Waals surface area contributed by atoms with Gasteiger partial charge < -0.3 is 5.73 Å². The zero-order chi connectivity index (χ0) is 10.8. The molecule has 0 amide bonds. The van der Waals surface area contributed by atoms with Crippen LogP contribution in [0, 0.1) is 0 Å². The monoisotopic (exact) mass is 265 g/mol. The van der Waals surface area contributed by atoms with Gasteiger partial charge in [-0.05, 0) is 17.7 Å². The molecule has 0 atom stereocenters. The number of hydrogen-bond donors (Lipinski definition) is 1. The molecule has 3 nitrogen and oxygen atoms in total. The number of nitrogens with zero attached hydrogens (tertiary/aromatic N) is 2. The Morgan fingerprint density at radius 3 is 2.53 bits per heavy atom. The molecule has 78 valence electrons. The van der Waals surface area contributed by atoms with Gasteiger partial charge in [-0.1, -0.05) is 28.1 Å². The molecule has 0 bridgehead atoms. The van der Waals surface area contributed by atoms with Crippen LogP contribution in [0.25, 0.3) is 0 Å². The molecular formula is C11H12BrN3. The van der Waals surface area contributed by atoms with E-state index < -0.39 is 0 Å². The molecule has 0 saturated carbocycles. The topological polar surface area (TPSA) is 43.8 Å². The van der Waals surface area contributed by atoms with Crippen LogP contribution in [0.15, 0.2) is 34.8 Å². The van der Waals surface area contributed by atoms with Crippen molar-refractivity contribution >= 4 is 21.7 Å². The van der Waals surface area contributed by atoms with Gasteiger partial charge >= 0.3 is 0 Å². The second kappa shape index (κ2) is 4.06. The summed E-state index contributed by atoms with van der Waals surface area (Å²) in [5, 5.41) is 4.31. The predicted molar refractivity (Wildman–Crippen MR) is 64.6 cm³/mol. The maximum absolute atomic E-state index is 5.71. The molecule has 0 spiro atoms. The van der Waals surface area contributed by atoms with Crippen molar-refractivity contribution in [3.8, 4) is 0 Å². The van der Waals surface area contributed by atoms with Gasteiger partial charge in [0.05, 0.1) is 5.69 Å². The van der Waals surface area contributed by atoms with Gasteiger partial charge in [0.15, 0.2) is 0 Å². The first kappa shape index (κ1) is 10.2. The smallest absolute Gasteiger partial charge is 0.121 e. The highest BCUT2D eigenvalue weighted by Gasteiger charge is 2.02. The number of benzene rings is 1. The Labute approximate surface area is 97.0 Å². The van der Waals surface area contributed by atoms with E-state index in [2.05, 4.69) is 33.2 Å². The molecule has 0 aliphatic carbocycles. The average Bonchev–Trinajstić information content (AvgIpc) is 2.50. The van der Waals surface area contributed by atoms with E-state index in [9.17, 15) is 0 Å². The summed E-state index contributed by atoms with van der Waals surface area (Å²) in [5.41, 5.74) is 7.94. The van der Waals surface area contributed by atoms with Crippen molar-refractivity contribution < 1.29 is 0 Å². The molecule has 15 heavy (non-hydrogen) atoms. The molecule has 1 aromatic heterocycles. The fraction of sp³-hybridized carbons (Fsp3) is 0.182. The van der Waals surface area contributed by atoms with E-state index in [4.69, 9.17) is 5.73 Å². The van der Waals surface area contributed by atoms with Crippen LogP contribution in [0.4, 0.5) is 5.82 Å². The zero-order valence-electron chi connectivity index (χ0n) is 8.44. The number of halogens is 1. The Hall–Kier alpha value is -1.29. The number of anilines is 1. The molecule has 0 saturated heterocycles. The van der Waals surface area contributed by atoms with E-state index in [1.807, 2.05) is 25.2 Å². The lowest BCUT2D eigenvalue weighted by Gasteiger charge is -1.97. The minimum absolute atomic E-state index is 0.696. The highest BCUT2D eigenvalue weighted by atomic mass is 79.9. The quantitative estimate of drug-likeness (QED) is 0.906. The Morgan fingerprint density at radius 2 is 2.00 bits per heavy atom. The zero-order valence-corrected chi connectivity index (χ0v) is 10.0. The van der Waals surface area contributed by atoms with Crippen molar-refractivity contribution in [2.45, 2.75) is 6.42 Å². The van der Waals surface area contributed by atoms with E-state index in [0.29, 0.717) is 5.82 Å². The molecule has 0 radical (unpaired) electrons. The maximum atomic E-state index is 5.71. The summed E-state index contributed by atoms with van der Waals surface area (Å²) >= 11 is 3.41. The Balaban J connectivity index is 2.18. The van der Waals surface area contributed by atoms with Crippen LogP contribution in [-0.2, 0) is 13.5 Å². The third kappa shape index (κ3) is 2.39. The minimum atomic E-state index is 0.696. The molecule has 4 heteroatoms. The fourth-order valence-electron chi connectivity index (χ4n) is 1.44. The molecule has 2 rings (SSSR count). The van der Waals surface area contributed by atoms with Crippen LogP contribution in [0.2, 0.25) is 0 Å². The van der Waals surface area contributed by atoms with Crippen molar-refractivity contribution in [3.05, 3.63) is 46.1 Å². The number of aromatic nitrogens is 2. The van der Waals surface area contributed by atoms with Gasteiger partial charge in [-0.2, -0.15) is 5.10 Å². The second-order valence-corrected chi connectivity index (χ2v) is 4.40. The van der Waals surface area contributed by atoms with E-state index in [1.165, 1.54) is 5.56 Å². The van der Waals surface area contributed by atoms with E-state index >= 15 is 0 Å². The molecule has 2 aromatic rings. The van der Waals surface area contributed by atoms with Crippen LogP contribution in [0.1, 0.15) is 11.3 Å². The number of nitrogens with two attached hydrogens (primary N) is 1. The van der Waals surface area contributed by atoms with Crippen LogP contribution in [0.5, 0.6) is 0 Å². The van der Waals surface area contributed by atoms with Crippen molar-refractivity contribution in [1.82, 2.24) is 9.78 Å². The molecule has 0 unspecified atom stereocenters. The second-order valence-electron chi connectivity index (χ2n) is 3.49. The van der Waals surface area contributed by atoms with E-state index in [1.54, 1.807) is 4.68 Å². The summed E-state index contributed by atoms with van der Waals surface area (Å²) in [5.74, 6) is 0.696. The van der Waals surface area contributed by atoms with Gasteiger partial charge in [0, 0.05) is 24.0 Å². The fourth-order valence-corrected chi connectivity index (χ4v) is 1.71. The number of nitrogen functional groups attached to an aromatic ring is 1. The lowest BCUT2D eigenvalue weighted by Crippen LogP contribution is -1.97. The normalized spacial score (nSPS) is 10.5. The molecule has 2 N–H and O–H groups in total. The van der Waals surface area contributed by atoms with Crippen LogP contribution in [-0.4, -0.2) is 9.78 Å². The van der Waals surface area contributed by atoms with Gasteiger partial charge in [-0.3, -0.25) is 4.68 Å². The number of rotatable bonds is 2. The van der Waals surface area contributed by atoms with Crippen molar-refractivity contribution in [3.63, 3.8) is 0 Å². The van der Waals surface area contributed by atoms with Crippen molar-refractivity contribution in [2.24, 2.45) is 7.05 Å². The highest BCUT2D eigenvalue weighted by Crippen LogP contribution is 2.14. The number of aryl methyl sites for hydroxylation is 1. The van der Waals surface area contributed by atoms with Crippen molar-refractivity contribution in [1.29, 1.82) is 0 Å². The average molecular weight is 266 g/mol. The molecule has 0 aliphatic rings. The summed E-state index contributed by atoms with van der Waals surface area (Å²) in [6, 6.07) is 10.1. The summed E-state index contributed by atoms with van der Waals surface area (Å²) in [7, 11) is 1.85. The first-order valence-electron chi connectivity index (χ1n) is 4.68. The standard InChI is InChI=1S/C11H12BrN3/c1-15-11(13)7-10(14-15)6-8-2-4-9(12)5-3-8/h2-5,7H,6,13H2,1H3. The minimum Gasteiger partial charge on any atom is -0.384 e. The molecule has 0 aliphatic heterocycles. The van der Waals surface area contributed by atoms with Crippen LogP contribution in [0.3, 0.4) is 0 Å². The molecular weight excluding hydrogens is 254 g/mol. The van der Waals surface area contributed by atoms with Crippen LogP contribution >= 0.6 is 15.9 Å². The summed E-state index contributed by atoms with van der Waals surface area (Å²) in [4.78, 5) is 0. The van der Waals surface area contributed by atoms with Crippen LogP contribution < -0.4 is 5.73 Å². The predicted octanol–water partition coefficient (Wildman–Crippen LogP) is 2.36. The SMILES string of the molecule is Cn1nc(Cc2ccc(Br)cc2)cc1N. The largest absolute Gasteiger partial charge is 0.384 e. The Kier molecular flexibility index (Phi) is 2.77. The summed E-state index contributed by atoms with van der Waals surface area (Å²) in [6.07, 6.45) is 0.818. The summed E-state index contributed by atoms with van der Waals surface area (Å²) < 4.78 is 2.78. The molecule has 1 aromatic carbocycles. The van der Waals surface area contributed by atoms with Gasteiger partial charge in [-0.25, -0.2) is 0 Å². The van der Waals surface area contributed by atoms with Gasteiger partial charge in [0.1, 0.15) is 5.82 Å². The highest BCUT2D eigenvalue weighted by molar-refractivity contribution is 9.10. The van der Waals surface area contributed by atoms with Gasteiger partial charge in [-0.15, -0.1) is 0 Å². The van der Waals surface area contributed by atoms with Gasteiger partial charge in [0.25, 0.3) is 0 Å². The third-order valence-electron chi connectivity index (χ3n) is 2.27. The van der Waals surface area contributed by atoms with E-state index in [-0.39, 0.29) is 0 Å². The lowest BCUT2D eigenvalue weighted by atomic mass is 10.1. The first-order chi connectivity index (χ1) is 7.15. The lowest BCUT2D eigenvalue weighted by molar-refractivity contribution is 0.759. The Morgan fingerprint density at radius 1 is 1.33 bits per heavy atom. The third-order valence-corrected chi connectivity index (χ3v) is 2.79. The molecule has 0 fully saturated rings. The Bertz CT molecular complexity index is 440. The molecule has 1 heterocycles. The maximum Gasteiger partial charge on any atom is 0.121 e. The van der Waals surface area contributed by atoms with E-state index in [0.717, 1.165) is 16.6 Å². The summed E-state index contributed by atoms with van der Waals surface area (Å²) in [6.45, 7) is 0. The number of hydrogen-bond acceptors (Lipinski definition) is 2. The first-order valence-corrected chi connectivity index (χ1v) is 5.47. The van der Waals surface area contributed by atoms with Gasteiger partial charge in [0.2, 0.25) is 0 Å². The van der Waals surface area contributed by atoms with Crippen molar-refractivity contribution in [2.75, 3.05) is 5.73 Å².